The summed E-state index contributed by atoms with van der Waals surface area (Å²) in [6, 6.07) is 5.47. The summed E-state index contributed by atoms with van der Waals surface area (Å²) in [4.78, 5) is 0. The predicted octanol–water partition coefficient (Wildman–Crippen LogP) is 1.70. The molecule has 15 heavy (non-hydrogen) atoms. The molecule has 1 aromatic rings. The van der Waals surface area contributed by atoms with Gasteiger partial charge in [0.1, 0.15) is 0 Å². The highest BCUT2D eigenvalue weighted by Gasteiger charge is 2.53. The first kappa shape index (κ1) is 12.0. The van der Waals surface area contributed by atoms with Crippen molar-refractivity contribution < 1.29 is 18.3 Å². The van der Waals surface area contributed by atoms with E-state index in [1.165, 1.54) is 24.3 Å². The zero-order chi connectivity index (χ0) is 11.7. The van der Waals surface area contributed by atoms with E-state index in [0.29, 0.717) is 0 Å². The average molecular weight is 219 g/mol. The second-order valence-corrected chi connectivity index (χ2v) is 3.43. The Bertz CT molecular complexity index is 334. The van der Waals surface area contributed by atoms with Gasteiger partial charge in [0, 0.05) is 6.54 Å². The number of aliphatic hydroxyl groups is 1. The Kier molecular flexibility index (Phi) is 3.06. The van der Waals surface area contributed by atoms with Gasteiger partial charge >= 0.3 is 6.18 Å². The van der Waals surface area contributed by atoms with Crippen molar-refractivity contribution in [1.82, 2.24) is 0 Å². The minimum absolute atomic E-state index is 0.233. The zero-order valence-electron chi connectivity index (χ0n) is 8.17. The third kappa shape index (κ3) is 2.13. The predicted molar refractivity (Wildman–Crippen MR) is 50.2 cm³/mol. The third-order valence-corrected chi connectivity index (χ3v) is 2.29. The van der Waals surface area contributed by atoms with Crippen molar-refractivity contribution in [3.63, 3.8) is 0 Å². The molecule has 0 aliphatic heterocycles. The fourth-order valence-electron chi connectivity index (χ4n) is 1.23. The summed E-state index contributed by atoms with van der Waals surface area (Å²) in [6.07, 6.45) is -4.77. The fourth-order valence-corrected chi connectivity index (χ4v) is 1.23. The highest BCUT2D eigenvalue weighted by Crippen LogP contribution is 2.37. The Morgan fingerprint density at radius 1 is 1.20 bits per heavy atom. The molecule has 1 rings (SSSR count). The van der Waals surface area contributed by atoms with Crippen molar-refractivity contribution in [1.29, 1.82) is 0 Å². The Hall–Kier alpha value is -1.07. The van der Waals surface area contributed by atoms with Gasteiger partial charge in [0.2, 0.25) is 0 Å². The molecule has 0 fully saturated rings. The standard InChI is InChI=1S/C10H12F3NO/c1-7-2-4-8(5-3-7)9(15,6-14)10(11,12)13/h2-5,15H,6,14H2,1H3. The van der Waals surface area contributed by atoms with E-state index in [1.807, 2.05) is 0 Å². The maximum atomic E-state index is 12.6. The van der Waals surface area contributed by atoms with E-state index in [9.17, 15) is 18.3 Å². The summed E-state index contributed by atoms with van der Waals surface area (Å²) in [5, 5.41) is 9.47. The molecule has 1 unspecified atom stereocenters. The minimum atomic E-state index is -4.77. The lowest BCUT2D eigenvalue weighted by molar-refractivity contribution is -0.262. The smallest absolute Gasteiger partial charge is 0.375 e. The number of nitrogens with two attached hydrogens (primary N) is 1. The van der Waals surface area contributed by atoms with Gasteiger partial charge in [-0.25, -0.2) is 0 Å². The lowest BCUT2D eigenvalue weighted by Crippen LogP contribution is -2.48. The van der Waals surface area contributed by atoms with Crippen LogP contribution in [0.3, 0.4) is 0 Å². The zero-order valence-corrected chi connectivity index (χ0v) is 8.17. The minimum Gasteiger partial charge on any atom is -0.375 e. The molecule has 1 atom stereocenters. The molecule has 0 aliphatic carbocycles. The maximum absolute atomic E-state index is 12.6. The van der Waals surface area contributed by atoms with Crippen LogP contribution in [0.1, 0.15) is 11.1 Å². The molecule has 84 valence electrons. The van der Waals surface area contributed by atoms with E-state index in [0.717, 1.165) is 5.56 Å². The molecular formula is C10H12F3NO. The first-order valence-electron chi connectivity index (χ1n) is 4.37. The largest absolute Gasteiger partial charge is 0.422 e. The van der Waals surface area contributed by atoms with Crippen LogP contribution < -0.4 is 5.73 Å². The van der Waals surface area contributed by atoms with Crippen LogP contribution in [0.2, 0.25) is 0 Å². The number of hydrogen-bond acceptors (Lipinski definition) is 2. The fraction of sp³-hybridized carbons (Fsp3) is 0.400. The van der Waals surface area contributed by atoms with Crippen LogP contribution in [0.4, 0.5) is 13.2 Å². The van der Waals surface area contributed by atoms with Crippen LogP contribution >= 0.6 is 0 Å². The van der Waals surface area contributed by atoms with Gasteiger partial charge < -0.3 is 10.8 Å². The molecule has 1 aromatic carbocycles. The normalized spacial score (nSPS) is 16.1. The van der Waals surface area contributed by atoms with Crippen LogP contribution in [0.5, 0.6) is 0 Å². The van der Waals surface area contributed by atoms with E-state index in [2.05, 4.69) is 0 Å². The highest BCUT2D eigenvalue weighted by molar-refractivity contribution is 5.28. The summed E-state index contributed by atoms with van der Waals surface area (Å²) in [5.74, 6) is 0. The first-order valence-corrected chi connectivity index (χ1v) is 4.37. The van der Waals surface area contributed by atoms with E-state index in [-0.39, 0.29) is 5.56 Å². The van der Waals surface area contributed by atoms with E-state index in [1.54, 1.807) is 6.92 Å². The van der Waals surface area contributed by atoms with E-state index < -0.39 is 18.3 Å². The molecular weight excluding hydrogens is 207 g/mol. The Balaban J connectivity index is 3.18. The molecule has 0 amide bonds. The molecule has 0 heterocycles. The molecule has 2 nitrogen and oxygen atoms in total. The highest BCUT2D eigenvalue weighted by atomic mass is 19.4. The molecule has 0 radical (unpaired) electrons. The summed E-state index contributed by atoms with van der Waals surface area (Å²) < 4.78 is 37.7. The molecule has 0 spiro atoms. The summed E-state index contributed by atoms with van der Waals surface area (Å²) >= 11 is 0. The van der Waals surface area contributed by atoms with Gasteiger partial charge in [0.25, 0.3) is 0 Å². The average Bonchev–Trinajstić information content (AvgIpc) is 2.16. The van der Waals surface area contributed by atoms with Gasteiger partial charge in [-0.1, -0.05) is 29.8 Å². The second kappa shape index (κ2) is 3.83. The monoisotopic (exact) mass is 219 g/mol. The van der Waals surface area contributed by atoms with Gasteiger partial charge in [-0.15, -0.1) is 0 Å². The molecule has 0 bridgehead atoms. The van der Waals surface area contributed by atoms with Crippen molar-refractivity contribution in [2.24, 2.45) is 5.73 Å². The number of benzene rings is 1. The van der Waals surface area contributed by atoms with Gasteiger partial charge in [-0.05, 0) is 12.5 Å². The van der Waals surface area contributed by atoms with Crippen molar-refractivity contribution >= 4 is 0 Å². The SMILES string of the molecule is Cc1ccc(C(O)(CN)C(F)(F)F)cc1. The number of hydrogen-bond donors (Lipinski definition) is 2. The van der Waals surface area contributed by atoms with Crippen LogP contribution in [-0.2, 0) is 5.60 Å². The van der Waals surface area contributed by atoms with Crippen molar-refractivity contribution in [3.05, 3.63) is 35.4 Å². The van der Waals surface area contributed by atoms with Crippen LogP contribution in [0.15, 0.2) is 24.3 Å². The Labute approximate surface area is 85.5 Å². The number of halogens is 3. The quantitative estimate of drug-likeness (QED) is 0.795. The van der Waals surface area contributed by atoms with Crippen LogP contribution in [0.25, 0.3) is 0 Å². The molecule has 3 N–H and O–H groups in total. The number of rotatable bonds is 2. The molecule has 0 aromatic heterocycles. The lowest BCUT2D eigenvalue weighted by atomic mass is 9.92. The van der Waals surface area contributed by atoms with E-state index in [4.69, 9.17) is 5.73 Å². The molecule has 0 saturated heterocycles. The maximum Gasteiger partial charge on any atom is 0.422 e. The van der Waals surface area contributed by atoms with Gasteiger partial charge in [0.05, 0.1) is 0 Å². The first-order chi connectivity index (χ1) is 6.81. The number of alkyl halides is 3. The molecule has 5 heteroatoms. The lowest BCUT2D eigenvalue weighted by Gasteiger charge is -2.29. The summed E-state index contributed by atoms with van der Waals surface area (Å²) in [6.45, 7) is 0.860. The molecule has 0 aliphatic rings. The Morgan fingerprint density at radius 2 is 1.67 bits per heavy atom. The summed E-state index contributed by atoms with van der Waals surface area (Å²) in [7, 11) is 0. The number of aryl methyl sites for hydroxylation is 1. The van der Waals surface area contributed by atoms with Gasteiger partial charge in [-0.3, -0.25) is 0 Å². The van der Waals surface area contributed by atoms with E-state index >= 15 is 0 Å². The Morgan fingerprint density at radius 3 is 2.00 bits per heavy atom. The third-order valence-electron chi connectivity index (χ3n) is 2.29. The molecule has 0 saturated carbocycles. The van der Waals surface area contributed by atoms with Crippen molar-refractivity contribution in [2.45, 2.75) is 18.7 Å². The van der Waals surface area contributed by atoms with Crippen LogP contribution in [0, 0.1) is 6.92 Å². The van der Waals surface area contributed by atoms with Crippen molar-refractivity contribution in [3.8, 4) is 0 Å². The second-order valence-electron chi connectivity index (χ2n) is 3.43. The van der Waals surface area contributed by atoms with Gasteiger partial charge in [-0.2, -0.15) is 13.2 Å². The summed E-state index contributed by atoms with van der Waals surface area (Å²) in [5.41, 5.74) is 2.62. The van der Waals surface area contributed by atoms with Crippen molar-refractivity contribution in [2.75, 3.05) is 6.54 Å². The van der Waals surface area contributed by atoms with Gasteiger partial charge in [0.15, 0.2) is 5.60 Å². The van der Waals surface area contributed by atoms with Crippen LogP contribution in [-0.4, -0.2) is 17.8 Å². The topological polar surface area (TPSA) is 46.2 Å².